The summed E-state index contributed by atoms with van der Waals surface area (Å²) in [5.41, 5.74) is 0. The molecule has 1 atom stereocenters. The molecule has 0 aromatic heterocycles. The van der Waals surface area contributed by atoms with Crippen LogP contribution in [0.15, 0.2) is 36.5 Å². The SMILES string of the molecule is CCCC/C=C\C(CCCCCCC(=O)O)OC(=O)CCCCCCC/C=C\C/C=C\CCCCC. The van der Waals surface area contributed by atoms with Gasteiger partial charge in [-0.15, -0.1) is 0 Å². The van der Waals surface area contributed by atoms with Crippen LogP contribution >= 0.6 is 0 Å². The fourth-order valence-corrected chi connectivity index (χ4v) is 4.05. The molecule has 0 aliphatic carbocycles. The minimum absolute atomic E-state index is 0.0864. The lowest BCUT2D eigenvalue weighted by Gasteiger charge is -2.14. The molecule has 208 valence electrons. The standard InChI is InChI=1S/C32H56O4/c1-3-5-7-9-10-11-12-13-14-15-16-17-18-19-25-29-32(35)36-30(26-22-8-6-4-2)27-23-20-21-24-28-31(33)34/h10-11,13-14,22,26,30H,3-9,12,15-21,23-25,27-29H2,1-2H3,(H,33,34)/b11-10-,14-13-,26-22-. The van der Waals surface area contributed by atoms with Crippen molar-refractivity contribution in [2.45, 2.75) is 155 Å². The molecule has 0 aliphatic rings. The topological polar surface area (TPSA) is 63.6 Å². The molecule has 36 heavy (non-hydrogen) atoms. The number of rotatable bonds is 26. The summed E-state index contributed by atoms with van der Waals surface area (Å²) in [6.45, 7) is 4.42. The average molecular weight is 505 g/mol. The molecule has 0 radical (unpaired) electrons. The highest BCUT2D eigenvalue weighted by atomic mass is 16.5. The zero-order valence-electron chi connectivity index (χ0n) is 23.6. The Hall–Kier alpha value is -1.84. The van der Waals surface area contributed by atoms with Crippen molar-refractivity contribution >= 4 is 11.9 Å². The molecular formula is C32H56O4. The highest BCUT2D eigenvalue weighted by molar-refractivity contribution is 5.69. The smallest absolute Gasteiger partial charge is 0.306 e. The summed E-state index contributed by atoms with van der Waals surface area (Å²) in [4.78, 5) is 23.0. The fourth-order valence-electron chi connectivity index (χ4n) is 4.05. The van der Waals surface area contributed by atoms with Gasteiger partial charge in [-0.2, -0.15) is 0 Å². The molecule has 0 bridgehead atoms. The molecule has 0 amide bonds. The van der Waals surface area contributed by atoms with Crippen LogP contribution in [0.2, 0.25) is 0 Å². The van der Waals surface area contributed by atoms with Crippen molar-refractivity contribution in [2.75, 3.05) is 0 Å². The van der Waals surface area contributed by atoms with Gasteiger partial charge >= 0.3 is 11.9 Å². The second kappa shape index (κ2) is 27.7. The monoisotopic (exact) mass is 504 g/mol. The quantitative estimate of drug-likeness (QED) is 0.0723. The van der Waals surface area contributed by atoms with Crippen molar-refractivity contribution < 1.29 is 19.4 Å². The van der Waals surface area contributed by atoms with E-state index in [9.17, 15) is 9.59 Å². The molecule has 4 heteroatoms. The van der Waals surface area contributed by atoms with E-state index in [0.717, 1.165) is 77.0 Å². The van der Waals surface area contributed by atoms with Crippen LogP contribution in [-0.4, -0.2) is 23.1 Å². The number of carbonyl (C=O) groups is 2. The number of hydrogen-bond acceptors (Lipinski definition) is 3. The van der Waals surface area contributed by atoms with Crippen molar-refractivity contribution in [2.24, 2.45) is 0 Å². The van der Waals surface area contributed by atoms with Gasteiger partial charge in [0.1, 0.15) is 6.10 Å². The van der Waals surface area contributed by atoms with Crippen LogP contribution in [0.4, 0.5) is 0 Å². The lowest BCUT2D eigenvalue weighted by Crippen LogP contribution is -2.16. The molecule has 1 N–H and O–H groups in total. The maximum absolute atomic E-state index is 12.4. The average Bonchev–Trinajstić information content (AvgIpc) is 2.85. The van der Waals surface area contributed by atoms with Crippen molar-refractivity contribution in [1.82, 2.24) is 0 Å². The number of unbranched alkanes of at least 4 members (excludes halogenated alkanes) is 13. The number of esters is 1. The first-order valence-electron chi connectivity index (χ1n) is 15.0. The van der Waals surface area contributed by atoms with Crippen molar-refractivity contribution in [3.8, 4) is 0 Å². The fraction of sp³-hybridized carbons (Fsp3) is 0.750. The highest BCUT2D eigenvalue weighted by Gasteiger charge is 2.11. The van der Waals surface area contributed by atoms with Gasteiger partial charge in [-0.05, 0) is 70.3 Å². The summed E-state index contributed by atoms with van der Waals surface area (Å²) in [6, 6.07) is 0. The predicted octanol–water partition coefficient (Wildman–Crippen LogP) is 9.88. The van der Waals surface area contributed by atoms with Crippen LogP contribution in [0.3, 0.4) is 0 Å². The lowest BCUT2D eigenvalue weighted by atomic mass is 10.1. The van der Waals surface area contributed by atoms with Crippen LogP contribution < -0.4 is 0 Å². The maximum atomic E-state index is 12.4. The van der Waals surface area contributed by atoms with Crippen LogP contribution in [0.5, 0.6) is 0 Å². The zero-order chi connectivity index (χ0) is 26.5. The molecule has 0 rings (SSSR count). The Morgan fingerprint density at radius 1 is 0.639 bits per heavy atom. The van der Waals surface area contributed by atoms with Gasteiger partial charge in [0.2, 0.25) is 0 Å². The lowest BCUT2D eigenvalue weighted by molar-refractivity contribution is -0.147. The van der Waals surface area contributed by atoms with Crippen LogP contribution in [0, 0.1) is 0 Å². The molecule has 0 heterocycles. The van der Waals surface area contributed by atoms with E-state index >= 15 is 0 Å². The third-order valence-electron chi connectivity index (χ3n) is 6.32. The first-order chi connectivity index (χ1) is 17.6. The second-order valence-corrected chi connectivity index (χ2v) is 9.93. The number of hydrogen-bond donors (Lipinski definition) is 1. The normalized spacial score (nSPS) is 12.7. The Morgan fingerprint density at radius 2 is 1.19 bits per heavy atom. The highest BCUT2D eigenvalue weighted by Crippen LogP contribution is 2.14. The summed E-state index contributed by atoms with van der Waals surface area (Å²) in [6.07, 6.45) is 34.6. The van der Waals surface area contributed by atoms with E-state index in [1.807, 2.05) is 0 Å². The van der Waals surface area contributed by atoms with Crippen molar-refractivity contribution in [1.29, 1.82) is 0 Å². The van der Waals surface area contributed by atoms with Gasteiger partial charge in [-0.3, -0.25) is 9.59 Å². The van der Waals surface area contributed by atoms with Gasteiger partial charge in [0, 0.05) is 12.8 Å². The Balaban J connectivity index is 3.90. The zero-order valence-corrected chi connectivity index (χ0v) is 23.6. The van der Waals surface area contributed by atoms with Crippen LogP contribution in [0.1, 0.15) is 149 Å². The van der Waals surface area contributed by atoms with Gasteiger partial charge in [0.15, 0.2) is 0 Å². The first kappa shape index (κ1) is 34.2. The largest absolute Gasteiger partial charge is 0.481 e. The van der Waals surface area contributed by atoms with Crippen molar-refractivity contribution in [3.63, 3.8) is 0 Å². The third kappa shape index (κ3) is 26.8. The number of ether oxygens (including phenoxy) is 1. The minimum atomic E-state index is -0.728. The third-order valence-corrected chi connectivity index (χ3v) is 6.32. The molecule has 0 saturated carbocycles. The van der Waals surface area contributed by atoms with E-state index in [1.165, 1.54) is 44.9 Å². The van der Waals surface area contributed by atoms with Gasteiger partial charge < -0.3 is 9.84 Å². The van der Waals surface area contributed by atoms with Crippen LogP contribution in [-0.2, 0) is 14.3 Å². The van der Waals surface area contributed by atoms with Crippen LogP contribution in [0.25, 0.3) is 0 Å². The summed E-state index contributed by atoms with van der Waals surface area (Å²) < 4.78 is 5.76. The maximum Gasteiger partial charge on any atom is 0.306 e. The van der Waals surface area contributed by atoms with E-state index in [1.54, 1.807) is 0 Å². The number of carboxylic acid groups (broad SMARTS) is 1. The summed E-state index contributed by atoms with van der Waals surface area (Å²) in [5, 5.41) is 8.73. The van der Waals surface area contributed by atoms with E-state index < -0.39 is 5.97 Å². The number of aliphatic carboxylic acids is 1. The van der Waals surface area contributed by atoms with Gasteiger partial charge in [0.05, 0.1) is 0 Å². The van der Waals surface area contributed by atoms with Gasteiger partial charge in [-0.25, -0.2) is 0 Å². The molecular weight excluding hydrogens is 448 g/mol. The minimum Gasteiger partial charge on any atom is -0.481 e. The van der Waals surface area contributed by atoms with Gasteiger partial charge in [-0.1, -0.05) is 102 Å². The van der Waals surface area contributed by atoms with E-state index in [2.05, 4.69) is 50.3 Å². The molecule has 0 aliphatic heterocycles. The number of carboxylic acids is 1. The summed E-state index contributed by atoms with van der Waals surface area (Å²) >= 11 is 0. The van der Waals surface area contributed by atoms with Crippen molar-refractivity contribution in [3.05, 3.63) is 36.5 Å². The van der Waals surface area contributed by atoms with E-state index in [4.69, 9.17) is 9.84 Å². The number of allylic oxidation sites excluding steroid dienone is 5. The molecule has 0 aromatic rings. The molecule has 0 spiro atoms. The molecule has 0 saturated heterocycles. The Bertz CT molecular complexity index is 591. The Morgan fingerprint density at radius 3 is 1.86 bits per heavy atom. The van der Waals surface area contributed by atoms with E-state index in [-0.39, 0.29) is 18.5 Å². The second-order valence-electron chi connectivity index (χ2n) is 9.93. The molecule has 0 fully saturated rings. The summed E-state index contributed by atoms with van der Waals surface area (Å²) in [7, 11) is 0. The first-order valence-corrected chi connectivity index (χ1v) is 15.0. The van der Waals surface area contributed by atoms with Gasteiger partial charge in [0.25, 0.3) is 0 Å². The Kier molecular flexibility index (Phi) is 26.3. The van der Waals surface area contributed by atoms with E-state index in [0.29, 0.717) is 6.42 Å². The molecule has 0 aromatic carbocycles. The molecule has 1 unspecified atom stereocenters. The summed E-state index contributed by atoms with van der Waals surface area (Å²) in [5.74, 6) is -0.814. The predicted molar refractivity (Wildman–Crippen MR) is 153 cm³/mol. The number of carbonyl (C=O) groups excluding carboxylic acids is 1. The molecule has 4 nitrogen and oxygen atoms in total. The Labute approximate surface area is 222 Å².